The van der Waals surface area contributed by atoms with Crippen molar-refractivity contribution < 1.29 is 9.47 Å². The lowest BCUT2D eigenvalue weighted by molar-refractivity contribution is -0.119. The van der Waals surface area contributed by atoms with Gasteiger partial charge in [-0.2, -0.15) is 0 Å². The summed E-state index contributed by atoms with van der Waals surface area (Å²) in [6.07, 6.45) is 5.89. The molecule has 17 heavy (non-hydrogen) atoms. The zero-order valence-electron chi connectivity index (χ0n) is 12.0. The third kappa shape index (κ3) is 4.94. The van der Waals surface area contributed by atoms with Crippen molar-refractivity contribution >= 4 is 0 Å². The van der Waals surface area contributed by atoms with Gasteiger partial charge in [-0.3, -0.25) is 0 Å². The molecule has 0 aliphatic heterocycles. The molecular weight excluding hydrogens is 214 g/mol. The van der Waals surface area contributed by atoms with Gasteiger partial charge in [-0.25, -0.2) is 0 Å². The molecule has 3 nitrogen and oxygen atoms in total. The highest BCUT2D eigenvalue weighted by Crippen LogP contribution is 2.38. The highest BCUT2D eigenvalue weighted by Gasteiger charge is 2.37. The minimum absolute atomic E-state index is 0.0629. The number of hydrogen-bond acceptors (Lipinski definition) is 3. The predicted molar refractivity (Wildman–Crippen MR) is 71.4 cm³/mol. The number of rotatable bonds is 9. The summed E-state index contributed by atoms with van der Waals surface area (Å²) in [5, 5.41) is 3.39. The van der Waals surface area contributed by atoms with E-state index >= 15 is 0 Å². The molecule has 102 valence electrons. The van der Waals surface area contributed by atoms with Crippen LogP contribution in [0.4, 0.5) is 0 Å². The van der Waals surface area contributed by atoms with Crippen LogP contribution in [0.1, 0.15) is 52.9 Å². The van der Waals surface area contributed by atoms with E-state index < -0.39 is 0 Å². The van der Waals surface area contributed by atoms with E-state index in [0.29, 0.717) is 0 Å². The number of nitrogens with one attached hydrogen (secondary N) is 1. The van der Waals surface area contributed by atoms with Crippen molar-refractivity contribution in [3.63, 3.8) is 0 Å². The molecule has 0 unspecified atom stereocenters. The van der Waals surface area contributed by atoms with E-state index in [-0.39, 0.29) is 11.2 Å². The van der Waals surface area contributed by atoms with Crippen LogP contribution in [0.3, 0.4) is 0 Å². The maximum atomic E-state index is 6.13. The molecule has 3 heteroatoms. The van der Waals surface area contributed by atoms with Gasteiger partial charge in [0.1, 0.15) is 0 Å². The van der Waals surface area contributed by atoms with Gasteiger partial charge < -0.3 is 14.8 Å². The summed E-state index contributed by atoms with van der Waals surface area (Å²) < 4.78 is 11.5. The summed E-state index contributed by atoms with van der Waals surface area (Å²) in [6, 6.07) is 0. The maximum Gasteiger partial charge on any atom is 0.0694 e. The van der Waals surface area contributed by atoms with E-state index in [2.05, 4.69) is 26.1 Å². The topological polar surface area (TPSA) is 30.5 Å². The Morgan fingerprint density at radius 3 is 2.47 bits per heavy atom. The fourth-order valence-electron chi connectivity index (χ4n) is 2.15. The Bertz CT molecular complexity index is 212. The van der Waals surface area contributed by atoms with Crippen LogP contribution < -0.4 is 5.32 Å². The van der Waals surface area contributed by atoms with Crippen molar-refractivity contribution in [3.8, 4) is 0 Å². The smallest absolute Gasteiger partial charge is 0.0694 e. The second-order valence-electron chi connectivity index (χ2n) is 5.70. The van der Waals surface area contributed by atoms with Crippen LogP contribution in [-0.2, 0) is 9.47 Å². The fraction of sp³-hybridized carbons (Fsp3) is 1.00. The van der Waals surface area contributed by atoms with Gasteiger partial charge in [0.05, 0.1) is 17.8 Å². The van der Waals surface area contributed by atoms with Gasteiger partial charge in [0.25, 0.3) is 0 Å². The summed E-state index contributed by atoms with van der Waals surface area (Å²) >= 11 is 0. The molecule has 0 bridgehead atoms. The number of hydrogen-bond donors (Lipinski definition) is 1. The summed E-state index contributed by atoms with van der Waals surface area (Å²) in [7, 11) is 1.77. The second kappa shape index (κ2) is 6.72. The lowest BCUT2D eigenvalue weighted by Gasteiger charge is -2.42. The van der Waals surface area contributed by atoms with Crippen LogP contribution in [0.2, 0.25) is 0 Å². The standard InChI is InChI=1S/C14H29NO2/c1-5-15-11-9-14(7-6-8-14)17-12-10-13(2,3)16-4/h15H,5-12H2,1-4H3. The first-order chi connectivity index (χ1) is 8.04. The Labute approximate surface area is 106 Å². The van der Waals surface area contributed by atoms with E-state index in [0.717, 1.165) is 32.5 Å². The Kier molecular flexibility index (Phi) is 5.90. The summed E-state index contributed by atoms with van der Waals surface area (Å²) in [6.45, 7) is 9.31. The van der Waals surface area contributed by atoms with E-state index in [1.165, 1.54) is 19.3 Å². The Morgan fingerprint density at radius 2 is 2.00 bits per heavy atom. The van der Waals surface area contributed by atoms with Crippen LogP contribution in [0.15, 0.2) is 0 Å². The molecule has 1 saturated carbocycles. The zero-order valence-corrected chi connectivity index (χ0v) is 12.0. The van der Waals surface area contributed by atoms with Crippen molar-refractivity contribution in [3.05, 3.63) is 0 Å². The first kappa shape index (κ1) is 14.9. The molecule has 0 amide bonds. The molecule has 0 atom stereocenters. The SMILES string of the molecule is CCNCCC1(OCCC(C)(C)OC)CCC1. The Balaban J connectivity index is 2.22. The monoisotopic (exact) mass is 243 g/mol. The van der Waals surface area contributed by atoms with Crippen molar-refractivity contribution in [1.29, 1.82) is 0 Å². The van der Waals surface area contributed by atoms with Gasteiger partial charge in [-0.1, -0.05) is 6.92 Å². The molecule has 0 spiro atoms. The van der Waals surface area contributed by atoms with Gasteiger partial charge >= 0.3 is 0 Å². The van der Waals surface area contributed by atoms with E-state index in [1.54, 1.807) is 7.11 Å². The molecule has 0 saturated heterocycles. The molecule has 0 aromatic rings. The summed E-state index contributed by atoms with van der Waals surface area (Å²) in [5.41, 5.74) is 0.110. The van der Waals surface area contributed by atoms with Crippen LogP contribution in [0.5, 0.6) is 0 Å². The van der Waals surface area contributed by atoms with Gasteiger partial charge in [-0.15, -0.1) is 0 Å². The minimum atomic E-state index is -0.0629. The van der Waals surface area contributed by atoms with Crippen molar-refractivity contribution in [2.24, 2.45) is 0 Å². The molecular formula is C14H29NO2. The molecule has 0 aromatic heterocycles. The van der Waals surface area contributed by atoms with Crippen molar-refractivity contribution in [1.82, 2.24) is 5.32 Å². The largest absolute Gasteiger partial charge is 0.379 e. The number of methoxy groups -OCH3 is 1. The molecule has 1 N–H and O–H groups in total. The zero-order chi connectivity index (χ0) is 12.8. The van der Waals surface area contributed by atoms with E-state index in [4.69, 9.17) is 9.47 Å². The molecule has 0 aromatic carbocycles. The van der Waals surface area contributed by atoms with Crippen LogP contribution >= 0.6 is 0 Å². The normalized spacial score (nSPS) is 19.1. The van der Waals surface area contributed by atoms with Gasteiger partial charge in [0.2, 0.25) is 0 Å². The summed E-state index contributed by atoms with van der Waals surface area (Å²) in [4.78, 5) is 0. The highest BCUT2D eigenvalue weighted by atomic mass is 16.5. The van der Waals surface area contributed by atoms with E-state index in [9.17, 15) is 0 Å². The molecule has 0 radical (unpaired) electrons. The average Bonchev–Trinajstić information content (AvgIpc) is 2.25. The second-order valence-corrected chi connectivity index (χ2v) is 5.70. The van der Waals surface area contributed by atoms with Gasteiger partial charge in [0.15, 0.2) is 0 Å². The van der Waals surface area contributed by atoms with Crippen LogP contribution in [0, 0.1) is 0 Å². The lowest BCUT2D eigenvalue weighted by atomic mass is 9.77. The minimum Gasteiger partial charge on any atom is -0.379 e. The van der Waals surface area contributed by atoms with Gasteiger partial charge in [-0.05, 0) is 59.0 Å². The molecule has 1 rings (SSSR count). The van der Waals surface area contributed by atoms with Crippen LogP contribution in [-0.4, -0.2) is 38.0 Å². The first-order valence-corrected chi connectivity index (χ1v) is 6.93. The maximum absolute atomic E-state index is 6.13. The third-order valence-electron chi connectivity index (χ3n) is 3.94. The fourth-order valence-corrected chi connectivity index (χ4v) is 2.15. The lowest BCUT2D eigenvalue weighted by Crippen LogP contribution is -2.43. The molecule has 1 aliphatic carbocycles. The average molecular weight is 243 g/mol. The Morgan fingerprint density at radius 1 is 1.29 bits per heavy atom. The predicted octanol–water partition coefficient (Wildman–Crippen LogP) is 2.74. The van der Waals surface area contributed by atoms with Crippen molar-refractivity contribution in [2.75, 3.05) is 26.8 Å². The van der Waals surface area contributed by atoms with E-state index in [1.807, 2.05) is 0 Å². The first-order valence-electron chi connectivity index (χ1n) is 6.93. The third-order valence-corrected chi connectivity index (χ3v) is 3.94. The molecule has 1 aliphatic rings. The molecule has 1 fully saturated rings. The molecule has 0 heterocycles. The quantitative estimate of drug-likeness (QED) is 0.632. The highest BCUT2D eigenvalue weighted by molar-refractivity contribution is 4.90. The number of ether oxygens (including phenoxy) is 2. The van der Waals surface area contributed by atoms with Crippen LogP contribution in [0.25, 0.3) is 0 Å². The summed E-state index contributed by atoms with van der Waals surface area (Å²) in [5.74, 6) is 0. The van der Waals surface area contributed by atoms with Crippen molar-refractivity contribution in [2.45, 2.75) is 64.1 Å². The Hall–Kier alpha value is -0.120. The van der Waals surface area contributed by atoms with Gasteiger partial charge in [0, 0.05) is 7.11 Å².